The van der Waals surface area contributed by atoms with Gasteiger partial charge in [0.25, 0.3) is 0 Å². The minimum Gasteiger partial charge on any atom is -0.299 e. The summed E-state index contributed by atoms with van der Waals surface area (Å²) in [5.41, 5.74) is 3.34. The molecule has 0 amide bonds. The van der Waals surface area contributed by atoms with Crippen molar-refractivity contribution in [3.05, 3.63) is 60.7 Å². The van der Waals surface area contributed by atoms with Gasteiger partial charge in [-0.05, 0) is 43.6 Å². The van der Waals surface area contributed by atoms with Crippen LogP contribution >= 0.6 is 0 Å². The molecule has 4 rings (SSSR count). The second kappa shape index (κ2) is 6.93. The molecule has 2 aromatic heterocycles. The van der Waals surface area contributed by atoms with E-state index in [4.69, 9.17) is 0 Å². The Morgan fingerprint density at radius 3 is 2.54 bits per heavy atom. The summed E-state index contributed by atoms with van der Waals surface area (Å²) in [6, 6.07) is 12.6. The average Bonchev–Trinajstić information content (AvgIpc) is 3.14. The number of aromatic nitrogens is 4. The highest BCUT2D eigenvalue weighted by molar-refractivity contribution is 5.57. The maximum absolute atomic E-state index is 4.42. The van der Waals surface area contributed by atoms with E-state index in [-0.39, 0.29) is 0 Å². The number of pyridine rings is 1. The second-order valence-electron chi connectivity index (χ2n) is 6.24. The van der Waals surface area contributed by atoms with E-state index >= 15 is 0 Å². The van der Waals surface area contributed by atoms with E-state index in [9.17, 15) is 0 Å². The fourth-order valence-corrected chi connectivity index (χ4v) is 3.24. The second-order valence-corrected chi connectivity index (χ2v) is 6.24. The molecule has 0 N–H and O–H groups in total. The number of piperidine rings is 1. The zero-order valence-corrected chi connectivity index (χ0v) is 13.7. The monoisotopic (exact) mass is 319 g/mol. The molecular weight excluding hydrogens is 298 g/mol. The molecule has 1 saturated heterocycles. The van der Waals surface area contributed by atoms with Crippen LogP contribution in [0.25, 0.3) is 17.1 Å². The number of hydrogen-bond donors (Lipinski definition) is 0. The van der Waals surface area contributed by atoms with E-state index in [0.29, 0.717) is 0 Å². The van der Waals surface area contributed by atoms with Crippen molar-refractivity contribution in [2.75, 3.05) is 13.1 Å². The minimum atomic E-state index is 0.840. The third-order valence-electron chi connectivity index (χ3n) is 4.51. The summed E-state index contributed by atoms with van der Waals surface area (Å²) < 4.78 is 1.83. The predicted molar refractivity (Wildman–Crippen MR) is 93.7 cm³/mol. The van der Waals surface area contributed by atoms with Crippen LogP contribution in [-0.4, -0.2) is 37.7 Å². The van der Waals surface area contributed by atoms with Crippen molar-refractivity contribution in [1.82, 2.24) is 24.6 Å². The molecule has 0 saturated carbocycles. The number of likely N-dealkylation sites (tertiary alicyclic amines) is 1. The molecule has 5 heteroatoms. The smallest absolute Gasteiger partial charge is 0.163 e. The lowest BCUT2D eigenvalue weighted by atomic mass is 10.1. The largest absolute Gasteiger partial charge is 0.299 e. The summed E-state index contributed by atoms with van der Waals surface area (Å²) in [6.07, 6.45) is 9.17. The van der Waals surface area contributed by atoms with Gasteiger partial charge in [0.05, 0.1) is 11.9 Å². The lowest BCUT2D eigenvalue weighted by Gasteiger charge is -2.26. The van der Waals surface area contributed by atoms with E-state index in [1.807, 2.05) is 16.8 Å². The Kier molecular flexibility index (Phi) is 4.34. The lowest BCUT2D eigenvalue weighted by Crippen LogP contribution is -2.29. The molecule has 1 aromatic carbocycles. The zero-order valence-electron chi connectivity index (χ0n) is 13.7. The van der Waals surface area contributed by atoms with Gasteiger partial charge in [-0.15, -0.1) is 0 Å². The third-order valence-corrected chi connectivity index (χ3v) is 4.51. The summed E-state index contributed by atoms with van der Waals surface area (Å²) in [4.78, 5) is 11.1. The van der Waals surface area contributed by atoms with Crippen LogP contribution in [0.5, 0.6) is 0 Å². The van der Waals surface area contributed by atoms with Gasteiger partial charge in [0.2, 0.25) is 0 Å². The van der Waals surface area contributed by atoms with Crippen LogP contribution in [0.15, 0.2) is 55.1 Å². The highest BCUT2D eigenvalue weighted by Crippen LogP contribution is 2.21. The van der Waals surface area contributed by atoms with Gasteiger partial charge in [-0.1, -0.05) is 30.7 Å². The summed E-state index contributed by atoms with van der Waals surface area (Å²) in [6.45, 7) is 3.48. The Hall–Kier alpha value is -2.53. The molecule has 0 radical (unpaired) electrons. The molecule has 1 aliphatic heterocycles. The Labute approximate surface area is 142 Å². The van der Waals surface area contributed by atoms with Crippen molar-refractivity contribution in [3.8, 4) is 17.1 Å². The molecule has 3 heterocycles. The Bertz CT molecular complexity index is 773. The number of benzene rings is 1. The molecule has 5 nitrogen and oxygen atoms in total. The SMILES string of the molecule is c1cncc(-n2ncnc2-c2ccc(CN3CCCCC3)cc2)c1. The number of nitrogens with zero attached hydrogens (tertiary/aromatic N) is 5. The van der Waals surface area contributed by atoms with E-state index in [1.165, 1.54) is 37.9 Å². The van der Waals surface area contributed by atoms with Crippen LogP contribution in [0.1, 0.15) is 24.8 Å². The normalized spacial score (nSPS) is 15.5. The summed E-state index contributed by atoms with van der Waals surface area (Å²) in [7, 11) is 0. The van der Waals surface area contributed by atoms with Gasteiger partial charge in [-0.25, -0.2) is 9.67 Å². The first-order chi connectivity index (χ1) is 11.9. The number of hydrogen-bond acceptors (Lipinski definition) is 4. The first kappa shape index (κ1) is 15.0. The van der Waals surface area contributed by atoms with Crippen LogP contribution in [0.2, 0.25) is 0 Å². The van der Waals surface area contributed by atoms with E-state index in [2.05, 4.69) is 44.2 Å². The van der Waals surface area contributed by atoms with Gasteiger partial charge in [0.1, 0.15) is 6.33 Å². The van der Waals surface area contributed by atoms with Gasteiger partial charge in [-0.3, -0.25) is 9.88 Å². The molecule has 0 aliphatic carbocycles. The fraction of sp³-hybridized carbons (Fsp3) is 0.316. The van der Waals surface area contributed by atoms with Gasteiger partial charge >= 0.3 is 0 Å². The first-order valence-electron chi connectivity index (χ1n) is 8.52. The summed E-state index contributed by atoms with van der Waals surface area (Å²) >= 11 is 0. The topological polar surface area (TPSA) is 46.8 Å². The Morgan fingerprint density at radius 2 is 1.79 bits per heavy atom. The summed E-state index contributed by atoms with van der Waals surface area (Å²) in [5.74, 6) is 0.840. The van der Waals surface area contributed by atoms with Crippen LogP contribution in [0.4, 0.5) is 0 Å². The standard InChI is InChI=1S/C19H21N5/c1-2-11-23(12-3-1)14-16-6-8-17(9-7-16)19-21-15-22-24(19)18-5-4-10-20-13-18/h4-10,13,15H,1-3,11-12,14H2. The Balaban J connectivity index is 1.54. The van der Waals surface area contributed by atoms with Crippen molar-refractivity contribution < 1.29 is 0 Å². The highest BCUT2D eigenvalue weighted by Gasteiger charge is 2.12. The van der Waals surface area contributed by atoms with E-state index < -0.39 is 0 Å². The molecule has 0 atom stereocenters. The van der Waals surface area contributed by atoms with Crippen molar-refractivity contribution in [2.45, 2.75) is 25.8 Å². The quantitative estimate of drug-likeness (QED) is 0.740. The van der Waals surface area contributed by atoms with E-state index in [1.54, 1.807) is 18.7 Å². The molecule has 0 unspecified atom stereocenters. The maximum Gasteiger partial charge on any atom is 0.163 e. The maximum atomic E-state index is 4.42. The van der Waals surface area contributed by atoms with Crippen molar-refractivity contribution in [1.29, 1.82) is 0 Å². The summed E-state index contributed by atoms with van der Waals surface area (Å²) in [5, 5.41) is 4.34. The highest BCUT2D eigenvalue weighted by atomic mass is 15.3. The molecule has 0 spiro atoms. The molecule has 0 bridgehead atoms. The molecule has 122 valence electrons. The molecule has 3 aromatic rings. The average molecular weight is 319 g/mol. The van der Waals surface area contributed by atoms with Gasteiger partial charge in [-0.2, -0.15) is 5.10 Å². The van der Waals surface area contributed by atoms with Crippen LogP contribution in [0.3, 0.4) is 0 Å². The Morgan fingerprint density at radius 1 is 0.958 bits per heavy atom. The lowest BCUT2D eigenvalue weighted by molar-refractivity contribution is 0.221. The van der Waals surface area contributed by atoms with Gasteiger partial charge in [0, 0.05) is 18.3 Å². The third kappa shape index (κ3) is 3.21. The zero-order chi connectivity index (χ0) is 16.2. The molecule has 1 fully saturated rings. The van der Waals surface area contributed by atoms with Gasteiger partial charge < -0.3 is 0 Å². The van der Waals surface area contributed by atoms with Crippen molar-refractivity contribution >= 4 is 0 Å². The van der Waals surface area contributed by atoms with E-state index in [0.717, 1.165) is 23.6 Å². The minimum absolute atomic E-state index is 0.840. The molecule has 24 heavy (non-hydrogen) atoms. The molecule has 1 aliphatic rings. The van der Waals surface area contributed by atoms with Crippen LogP contribution < -0.4 is 0 Å². The van der Waals surface area contributed by atoms with Crippen LogP contribution in [0, 0.1) is 0 Å². The van der Waals surface area contributed by atoms with Crippen LogP contribution in [-0.2, 0) is 6.54 Å². The fourth-order valence-electron chi connectivity index (χ4n) is 3.24. The van der Waals surface area contributed by atoms with Crippen molar-refractivity contribution in [3.63, 3.8) is 0 Å². The van der Waals surface area contributed by atoms with Crippen molar-refractivity contribution in [2.24, 2.45) is 0 Å². The van der Waals surface area contributed by atoms with Gasteiger partial charge in [0.15, 0.2) is 5.82 Å². The predicted octanol–water partition coefficient (Wildman–Crippen LogP) is 3.32. The number of rotatable bonds is 4. The molecular formula is C19H21N5. The first-order valence-corrected chi connectivity index (χ1v) is 8.52.